The second kappa shape index (κ2) is 8.58. The maximum atomic E-state index is 8.89. The van der Waals surface area contributed by atoms with Gasteiger partial charge in [0, 0.05) is 29.7 Å². The van der Waals surface area contributed by atoms with Crippen LogP contribution < -0.4 is 10.6 Å². The molecular formula is C21H23N7O2S. The lowest BCUT2D eigenvalue weighted by atomic mass is 9.96. The van der Waals surface area contributed by atoms with Crippen molar-refractivity contribution < 1.29 is 9.52 Å². The summed E-state index contributed by atoms with van der Waals surface area (Å²) < 4.78 is 11.7. The molecule has 1 saturated heterocycles. The second-order valence-corrected chi connectivity index (χ2v) is 8.36. The van der Waals surface area contributed by atoms with E-state index in [-0.39, 0.29) is 6.73 Å². The monoisotopic (exact) mass is 437 g/mol. The predicted molar refractivity (Wildman–Crippen MR) is 120 cm³/mol. The molecule has 1 aliphatic rings. The van der Waals surface area contributed by atoms with Crippen LogP contribution in [0.5, 0.6) is 0 Å². The minimum Gasteiger partial charge on any atom is -0.463 e. The van der Waals surface area contributed by atoms with E-state index in [2.05, 4.69) is 31.2 Å². The van der Waals surface area contributed by atoms with E-state index in [1.165, 1.54) is 17.7 Å². The number of hydrogen-bond donors (Lipinski definition) is 3. The molecule has 4 aromatic rings. The van der Waals surface area contributed by atoms with E-state index in [9.17, 15) is 0 Å². The molecule has 1 unspecified atom stereocenters. The van der Waals surface area contributed by atoms with Gasteiger partial charge in [-0.05, 0) is 50.0 Å². The number of aliphatic hydroxyl groups excluding tert-OH is 1. The fourth-order valence-electron chi connectivity index (χ4n) is 3.83. The van der Waals surface area contributed by atoms with Gasteiger partial charge in [0.15, 0.2) is 5.65 Å². The summed E-state index contributed by atoms with van der Waals surface area (Å²) in [6.07, 6.45) is 7.20. The molecule has 0 aromatic carbocycles. The zero-order valence-electron chi connectivity index (χ0n) is 17.1. The van der Waals surface area contributed by atoms with Crippen LogP contribution in [0.2, 0.25) is 0 Å². The van der Waals surface area contributed by atoms with Crippen LogP contribution in [0.1, 0.15) is 35.9 Å². The molecule has 0 spiro atoms. The molecule has 10 heteroatoms. The average molecular weight is 438 g/mol. The Morgan fingerprint density at radius 3 is 3.13 bits per heavy atom. The number of hydrogen-bond acceptors (Lipinski definition) is 9. The molecule has 9 nitrogen and oxygen atoms in total. The van der Waals surface area contributed by atoms with E-state index in [0.717, 1.165) is 64.9 Å². The molecule has 5 heterocycles. The van der Waals surface area contributed by atoms with Crippen molar-refractivity contribution >= 4 is 34.2 Å². The van der Waals surface area contributed by atoms with Crippen LogP contribution in [0.15, 0.2) is 40.1 Å². The first kappa shape index (κ1) is 19.9. The second-order valence-electron chi connectivity index (χ2n) is 7.55. The molecule has 31 heavy (non-hydrogen) atoms. The first-order valence-corrected chi connectivity index (χ1v) is 11.0. The highest BCUT2D eigenvalue weighted by Crippen LogP contribution is 2.32. The van der Waals surface area contributed by atoms with E-state index in [4.69, 9.17) is 14.5 Å². The van der Waals surface area contributed by atoms with Crippen LogP contribution >= 0.6 is 11.5 Å². The molecule has 0 saturated carbocycles. The number of rotatable bonds is 6. The van der Waals surface area contributed by atoms with Crippen molar-refractivity contribution in [2.75, 3.05) is 25.1 Å². The number of aromatic nitrogens is 4. The molecule has 4 aromatic heterocycles. The minimum atomic E-state index is -0.279. The van der Waals surface area contributed by atoms with Crippen LogP contribution in [0.4, 0.5) is 10.8 Å². The van der Waals surface area contributed by atoms with Gasteiger partial charge in [-0.15, -0.1) is 0 Å². The van der Waals surface area contributed by atoms with Crippen molar-refractivity contribution in [2.45, 2.75) is 25.7 Å². The molecule has 1 fully saturated rings. The molecule has 0 aliphatic carbocycles. The summed E-state index contributed by atoms with van der Waals surface area (Å²) in [7, 11) is 0. The fourth-order valence-corrected chi connectivity index (χ4v) is 4.50. The van der Waals surface area contributed by atoms with Gasteiger partial charge in [-0.2, -0.15) is 14.0 Å². The number of furan rings is 1. The fraction of sp³-hybridized carbons (Fsp3) is 0.333. The van der Waals surface area contributed by atoms with Gasteiger partial charge in [-0.25, -0.2) is 4.98 Å². The Hall–Kier alpha value is -3.08. The van der Waals surface area contributed by atoms with Crippen LogP contribution in [-0.4, -0.2) is 50.1 Å². The molecule has 160 valence electrons. The normalized spacial score (nSPS) is 17.0. The number of aliphatic hydroxyl groups is 1. The van der Waals surface area contributed by atoms with Gasteiger partial charge in [0.2, 0.25) is 0 Å². The lowest BCUT2D eigenvalue weighted by molar-refractivity contribution is 0.310. The first-order valence-electron chi connectivity index (χ1n) is 10.2. The Morgan fingerprint density at radius 2 is 2.35 bits per heavy atom. The Kier molecular flexibility index (Phi) is 5.49. The SMILES string of the molecule is Cc1cc(Nc2cc(C3CCCNC3)nc3c(-c4coc(C=NCO)c4)cnn23)sn1. The Bertz CT molecular complexity index is 1220. The number of nitrogens with one attached hydrogen (secondary N) is 2. The smallest absolute Gasteiger partial charge is 0.165 e. The lowest BCUT2D eigenvalue weighted by Crippen LogP contribution is -2.29. The van der Waals surface area contributed by atoms with Gasteiger partial charge in [0.1, 0.15) is 23.3 Å². The van der Waals surface area contributed by atoms with Crippen molar-refractivity contribution in [3.05, 3.63) is 47.8 Å². The van der Waals surface area contributed by atoms with Gasteiger partial charge >= 0.3 is 0 Å². The highest BCUT2D eigenvalue weighted by atomic mass is 32.1. The summed E-state index contributed by atoms with van der Waals surface area (Å²) in [4.78, 5) is 8.82. The van der Waals surface area contributed by atoms with Crippen LogP contribution in [-0.2, 0) is 0 Å². The van der Waals surface area contributed by atoms with E-state index in [1.54, 1.807) is 12.5 Å². The number of nitrogens with zero attached hydrogens (tertiary/aromatic N) is 5. The summed E-state index contributed by atoms with van der Waals surface area (Å²) in [5, 5.41) is 21.4. The highest BCUT2D eigenvalue weighted by Gasteiger charge is 2.21. The van der Waals surface area contributed by atoms with Gasteiger partial charge < -0.3 is 20.2 Å². The molecule has 1 atom stereocenters. The molecule has 3 N–H and O–H groups in total. The third kappa shape index (κ3) is 4.09. The van der Waals surface area contributed by atoms with Crippen molar-refractivity contribution in [2.24, 2.45) is 4.99 Å². The van der Waals surface area contributed by atoms with E-state index >= 15 is 0 Å². The summed E-state index contributed by atoms with van der Waals surface area (Å²) >= 11 is 1.42. The zero-order valence-corrected chi connectivity index (χ0v) is 17.9. The molecule has 1 aliphatic heterocycles. The Balaban J connectivity index is 1.59. The van der Waals surface area contributed by atoms with Crippen LogP contribution in [0.3, 0.4) is 0 Å². The molecule has 5 rings (SSSR count). The molecular weight excluding hydrogens is 414 g/mol. The summed E-state index contributed by atoms with van der Waals surface area (Å²) in [5.74, 6) is 1.77. The standard InChI is InChI=1S/C21H23N7O2S/c1-13-5-20(31-27-13)26-19-7-18(14-3-2-4-22-8-14)25-21-17(10-24-28(19)21)15-6-16(30-11-15)9-23-12-29/h5-7,9-11,14,22,26,29H,2-4,8,12H2,1H3. The number of anilines is 2. The molecule has 0 bridgehead atoms. The maximum absolute atomic E-state index is 8.89. The third-order valence-corrected chi connectivity index (χ3v) is 6.11. The van der Waals surface area contributed by atoms with Crippen LogP contribution in [0, 0.1) is 6.92 Å². The third-order valence-electron chi connectivity index (χ3n) is 5.32. The minimum absolute atomic E-state index is 0.279. The van der Waals surface area contributed by atoms with Gasteiger partial charge in [-0.3, -0.25) is 4.99 Å². The van der Waals surface area contributed by atoms with Crippen molar-refractivity contribution in [1.29, 1.82) is 0 Å². The van der Waals surface area contributed by atoms with Crippen molar-refractivity contribution in [1.82, 2.24) is 24.3 Å². The van der Waals surface area contributed by atoms with Gasteiger partial charge in [0.25, 0.3) is 0 Å². The quantitative estimate of drug-likeness (QED) is 0.397. The van der Waals surface area contributed by atoms with Gasteiger partial charge in [0.05, 0.1) is 30.1 Å². The number of aliphatic imine (C=N–C) groups is 1. The largest absolute Gasteiger partial charge is 0.463 e. The van der Waals surface area contributed by atoms with Crippen LogP contribution in [0.25, 0.3) is 16.8 Å². The van der Waals surface area contributed by atoms with Crippen molar-refractivity contribution in [3.8, 4) is 11.1 Å². The van der Waals surface area contributed by atoms with E-state index in [0.29, 0.717) is 11.7 Å². The Morgan fingerprint density at radius 1 is 1.42 bits per heavy atom. The number of piperidine rings is 1. The first-order chi connectivity index (χ1) is 15.2. The summed E-state index contributed by atoms with van der Waals surface area (Å²) in [6, 6.07) is 5.98. The average Bonchev–Trinajstić information content (AvgIpc) is 3.52. The predicted octanol–water partition coefficient (Wildman–Crippen LogP) is 3.33. The number of fused-ring (bicyclic) bond motifs is 1. The van der Waals surface area contributed by atoms with E-state index in [1.807, 2.05) is 23.6 Å². The van der Waals surface area contributed by atoms with E-state index < -0.39 is 0 Å². The topological polar surface area (TPSA) is 113 Å². The zero-order chi connectivity index (χ0) is 21.2. The number of aryl methyl sites for hydroxylation is 1. The molecule has 0 radical (unpaired) electrons. The highest BCUT2D eigenvalue weighted by molar-refractivity contribution is 7.10. The summed E-state index contributed by atoms with van der Waals surface area (Å²) in [5.41, 5.74) is 4.52. The maximum Gasteiger partial charge on any atom is 0.165 e. The van der Waals surface area contributed by atoms with Gasteiger partial charge in [-0.1, -0.05) is 0 Å². The summed E-state index contributed by atoms with van der Waals surface area (Å²) in [6.45, 7) is 3.67. The van der Waals surface area contributed by atoms with Crippen molar-refractivity contribution in [3.63, 3.8) is 0 Å². The Labute approximate surface area is 183 Å². The lowest BCUT2D eigenvalue weighted by Gasteiger charge is -2.23. The molecule has 0 amide bonds.